The number of furan rings is 1. The number of ether oxygens (including phenoxy) is 1. The number of hydrogen-bond acceptors (Lipinski definition) is 2. The Morgan fingerprint density at radius 2 is 2.07 bits per heavy atom. The van der Waals surface area contributed by atoms with Crippen molar-refractivity contribution >= 4 is 15.9 Å². The Balaban J connectivity index is 1.74. The van der Waals surface area contributed by atoms with Crippen LogP contribution in [0.25, 0.3) is 0 Å². The van der Waals surface area contributed by atoms with Crippen LogP contribution in [0, 0.1) is 5.92 Å². The van der Waals surface area contributed by atoms with E-state index in [0.29, 0.717) is 12.7 Å². The molecule has 0 amide bonds. The molecule has 0 unspecified atom stereocenters. The Bertz CT molecular complexity index is 300. The van der Waals surface area contributed by atoms with Crippen LogP contribution in [0.5, 0.6) is 0 Å². The van der Waals surface area contributed by atoms with Gasteiger partial charge in [-0.2, -0.15) is 0 Å². The molecule has 1 aliphatic rings. The fraction of sp³-hybridized carbons (Fsp3) is 0.667. The van der Waals surface area contributed by atoms with Crippen molar-refractivity contribution in [1.29, 1.82) is 0 Å². The zero-order valence-electron chi connectivity index (χ0n) is 9.04. The molecule has 0 radical (unpaired) electrons. The number of rotatable bonds is 3. The molecule has 0 N–H and O–H groups in total. The van der Waals surface area contributed by atoms with E-state index in [9.17, 15) is 0 Å². The van der Waals surface area contributed by atoms with Crippen molar-refractivity contribution < 1.29 is 9.15 Å². The molecule has 0 aromatic carbocycles. The van der Waals surface area contributed by atoms with Crippen molar-refractivity contribution in [1.82, 2.24) is 0 Å². The lowest BCUT2D eigenvalue weighted by Gasteiger charge is -2.25. The molecule has 1 saturated carbocycles. The molecule has 3 heteroatoms. The third kappa shape index (κ3) is 3.35. The summed E-state index contributed by atoms with van der Waals surface area (Å²) in [6.45, 7) is 2.92. The van der Waals surface area contributed by atoms with Crippen molar-refractivity contribution in [2.24, 2.45) is 5.92 Å². The first kappa shape index (κ1) is 11.2. The molecular formula is C12H17BrO2. The van der Waals surface area contributed by atoms with Gasteiger partial charge in [-0.25, -0.2) is 0 Å². The average Bonchev–Trinajstić information content (AvgIpc) is 2.64. The summed E-state index contributed by atoms with van der Waals surface area (Å²) >= 11 is 3.28. The van der Waals surface area contributed by atoms with E-state index in [1.165, 1.54) is 25.7 Å². The molecule has 1 heterocycles. The van der Waals surface area contributed by atoms with Crippen LogP contribution in [0.4, 0.5) is 0 Å². The molecule has 1 aromatic rings. The minimum Gasteiger partial charge on any atom is -0.452 e. The summed E-state index contributed by atoms with van der Waals surface area (Å²) in [4.78, 5) is 0. The van der Waals surface area contributed by atoms with Crippen LogP contribution in [0.2, 0.25) is 0 Å². The third-order valence-electron chi connectivity index (χ3n) is 3.05. The first-order chi connectivity index (χ1) is 7.24. The SMILES string of the molecule is CC1CCC(OCc2ccc(Br)o2)CC1. The Kier molecular flexibility index (Phi) is 3.87. The molecule has 1 fully saturated rings. The summed E-state index contributed by atoms with van der Waals surface area (Å²) in [6.07, 6.45) is 5.43. The summed E-state index contributed by atoms with van der Waals surface area (Å²) in [7, 11) is 0. The van der Waals surface area contributed by atoms with E-state index in [1.807, 2.05) is 12.1 Å². The van der Waals surface area contributed by atoms with E-state index in [4.69, 9.17) is 9.15 Å². The second-order valence-electron chi connectivity index (χ2n) is 4.40. The van der Waals surface area contributed by atoms with Gasteiger partial charge in [-0.1, -0.05) is 6.92 Å². The summed E-state index contributed by atoms with van der Waals surface area (Å²) in [5.41, 5.74) is 0. The quantitative estimate of drug-likeness (QED) is 0.825. The molecule has 1 aliphatic carbocycles. The normalized spacial score (nSPS) is 26.8. The zero-order valence-corrected chi connectivity index (χ0v) is 10.6. The maximum Gasteiger partial charge on any atom is 0.169 e. The third-order valence-corrected chi connectivity index (χ3v) is 3.48. The van der Waals surface area contributed by atoms with Gasteiger partial charge in [0, 0.05) is 0 Å². The number of halogens is 1. The molecule has 0 aliphatic heterocycles. The Labute approximate surface area is 99.1 Å². The van der Waals surface area contributed by atoms with E-state index in [2.05, 4.69) is 22.9 Å². The van der Waals surface area contributed by atoms with Gasteiger partial charge >= 0.3 is 0 Å². The maximum atomic E-state index is 5.82. The second kappa shape index (κ2) is 5.17. The summed E-state index contributed by atoms with van der Waals surface area (Å²) < 4.78 is 12.0. The van der Waals surface area contributed by atoms with Gasteiger partial charge < -0.3 is 9.15 Å². The van der Waals surface area contributed by atoms with E-state index in [1.54, 1.807) is 0 Å². The maximum absolute atomic E-state index is 5.82. The second-order valence-corrected chi connectivity index (χ2v) is 5.18. The van der Waals surface area contributed by atoms with Crippen LogP contribution >= 0.6 is 15.9 Å². The minimum absolute atomic E-state index is 0.435. The van der Waals surface area contributed by atoms with Crippen LogP contribution in [0.15, 0.2) is 21.2 Å². The highest BCUT2D eigenvalue weighted by molar-refractivity contribution is 9.10. The standard InChI is InChI=1S/C12H17BrO2/c1-9-2-4-10(5-3-9)14-8-11-6-7-12(13)15-11/h6-7,9-10H,2-5,8H2,1H3. The first-order valence-electron chi connectivity index (χ1n) is 5.60. The predicted octanol–water partition coefficient (Wildman–Crippen LogP) is 4.14. The summed E-state index contributed by atoms with van der Waals surface area (Å²) in [5, 5.41) is 0. The van der Waals surface area contributed by atoms with Gasteiger partial charge in [-0.15, -0.1) is 0 Å². The highest BCUT2D eigenvalue weighted by Gasteiger charge is 2.18. The molecule has 1 aromatic heterocycles. The molecule has 0 saturated heterocycles. The first-order valence-corrected chi connectivity index (χ1v) is 6.39. The average molecular weight is 273 g/mol. The monoisotopic (exact) mass is 272 g/mol. The molecule has 0 bridgehead atoms. The van der Waals surface area contributed by atoms with Crippen LogP contribution < -0.4 is 0 Å². The fourth-order valence-corrected chi connectivity index (χ4v) is 2.37. The molecule has 15 heavy (non-hydrogen) atoms. The fourth-order valence-electron chi connectivity index (χ4n) is 2.03. The van der Waals surface area contributed by atoms with Gasteiger partial charge in [0.1, 0.15) is 12.4 Å². The van der Waals surface area contributed by atoms with Crippen LogP contribution in [-0.2, 0) is 11.3 Å². The van der Waals surface area contributed by atoms with Gasteiger partial charge in [0.2, 0.25) is 0 Å². The summed E-state index contributed by atoms with van der Waals surface area (Å²) in [6, 6.07) is 3.86. The highest BCUT2D eigenvalue weighted by atomic mass is 79.9. The number of hydrogen-bond donors (Lipinski definition) is 0. The molecule has 2 nitrogen and oxygen atoms in total. The van der Waals surface area contributed by atoms with Crippen molar-refractivity contribution in [2.75, 3.05) is 0 Å². The van der Waals surface area contributed by atoms with Gasteiger partial charge in [0.05, 0.1) is 6.10 Å². The Morgan fingerprint density at radius 1 is 1.33 bits per heavy atom. The van der Waals surface area contributed by atoms with Gasteiger partial charge in [0.25, 0.3) is 0 Å². The van der Waals surface area contributed by atoms with Crippen LogP contribution in [0.1, 0.15) is 38.4 Å². The lowest BCUT2D eigenvalue weighted by Crippen LogP contribution is -2.20. The minimum atomic E-state index is 0.435. The van der Waals surface area contributed by atoms with E-state index < -0.39 is 0 Å². The van der Waals surface area contributed by atoms with E-state index in [-0.39, 0.29) is 0 Å². The highest BCUT2D eigenvalue weighted by Crippen LogP contribution is 2.26. The van der Waals surface area contributed by atoms with Crippen molar-refractivity contribution in [3.05, 3.63) is 22.6 Å². The Hall–Kier alpha value is -0.280. The van der Waals surface area contributed by atoms with Gasteiger partial charge in [0.15, 0.2) is 4.67 Å². The molecule has 0 atom stereocenters. The van der Waals surface area contributed by atoms with Crippen molar-refractivity contribution in [3.8, 4) is 0 Å². The van der Waals surface area contributed by atoms with E-state index >= 15 is 0 Å². The van der Waals surface area contributed by atoms with Crippen LogP contribution in [-0.4, -0.2) is 6.10 Å². The molecular weight excluding hydrogens is 256 g/mol. The molecule has 2 rings (SSSR count). The Morgan fingerprint density at radius 3 is 2.67 bits per heavy atom. The van der Waals surface area contributed by atoms with Gasteiger partial charge in [-0.05, 0) is 59.7 Å². The van der Waals surface area contributed by atoms with Crippen molar-refractivity contribution in [3.63, 3.8) is 0 Å². The van der Waals surface area contributed by atoms with Gasteiger partial charge in [-0.3, -0.25) is 0 Å². The smallest absolute Gasteiger partial charge is 0.169 e. The van der Waals surface area contributed by atoms with Crippen LogP contribution in [0.3, 0.4) is 0 Å². The molecule has 84 valence electrons. The molecule has 0 spiro atoms. The van der Waals surface area contributed by atoms with E-state index in [0.717, 1.165) is 16.3 Å². The lowest BCUT2D eigenvalue weighted by molar-refractivity contribution is 0.000993. The summed E-state index contributed by atoms with van der Waals surface area (Å²) in [5.74, 6) is 1.78. The lowest BCUT2D eigenvalue weighted by atomic mass is 9.89. The largest absolute Gasteiger partial charge is 0.452 e. The van der Waals surface area contributed by atoms with Crippen molar-refractivity contribution in [2.45, 2.75) is 45.3 Å². The predicted molar refractivity (Wildman–Crippen MR) is 62.6 cm³/mol. The zero-order chi connectivity index (χ0) is 10.7. The topological polar surface area (TPSA) is 22.4 Å².